The molecule has 41 heavy (non-hydrogen) atoms. The largest absolute Gasteiger partial charge is 0.384 e. The van der Waals surface area contributed by atoms with Crippen molar-refractivity contribution in [1.82, 2.24) is 24.3 Å². The maximum Gasteiger partial charge on any atom is 0.242 e. The van der Waals surface area contributed by atoms with E-state index in [-0.39, 0.29) is 36.3 Å². The molecular formula is C27H40ClN5O6S2. The van der Waals surface area contributed by atoms with Gasteiger partial charge >= 0.3 is 0 Å². The van der Waals surface area contributed by atoms with Gasteiger partial charge in [0.1, 0.15) is 6.04 Å². The van der Waals surface area contributed by atoms with Crippen LogP contribution in [0.2, 0.25) is 4.34 Å². The second-order valence-electron chi connectivity index (χ2n) is 10.9. The number of halogens is 1. The maximum atomic E-state index is 13.3. The number of thiophene rings is 1. The quantitative estimate of drug-likeness (QED) is 0.375. The molecule has 0 radical (unpaired) electrons. The van der Waals surface area contributed by atoms with Gasteiger partial charge in [-0.05, 0) is 50.3 Å². The van der Waals surface area contributed by atoms with Crippen LogP contribution in [0.5, 0.6) is 0 Å². The number of likely N-dealkylation sites (N-methyl/N-ethyl adjacent to an activating group) is 1. The van der Waals surface area contributed by atoms with Crippen molar-refractivity contribution in [2.24, 2.45) is 0 Å². The van der Waals surface area contributed by atoms with Gasteiger partial charge in [0.05, 0.1) is 23.9 Å². The van der Waals surface area contributed by atoms with Crippen LogP contribution in [-0.4, -0.2) is 124 Å². The predicted molar refractivity (Wildman–Crippen MR) is 159 cm³/mol. The summed E-state index contributed by atoms with van der Waals surface area (Å²) in [5.41, 5.74) is 0. The third-order valence-electron chi connectivity index (χ3n) is 8.04. The van der Waals surface area contributed by atoms with Gasteiger partial charge in [-0.1, -0.05) is 11.6 Å². The van der Waals surface area contributed by atoms with Crippen LogP contribution in [0.15, 0.2) is 17.5 Å². The lowest BCUT2D eigenvalue weighted by molar-refractivity contribution is -0.143. The number of rotatable bonds is 12. The zero-order valence-corrected chi connectivity index (χ0v) is 26.1. The first-order valence-corrected chi connectivity index (χ1v) is 16.8. The van der Waals surface area contributed by atoms with Gasteiger partial charge in [0, 0.05) is 69.3 Å². The molecule has 3 unspecified atom stereocenters. The SMILES string of the molecule is COCCC(=O)N(C)C1CCN(CC2CCCN2C(=O)CN2CCCC(NS(=O)(=O)/C=C/c3ccc(Cl)s3)C2=O)C1. The normalized spacial score (nSPS) is 24.1. The van der Waals surface area contributed by atoms with Crippen LogP contribution in [0.1, 0.15) is 43.4 Å². The summed E-state index contributed by atoms with van der Waals surface area (Å²) in [5.74, 6) is -0.409. The van der Waals surface area contributed by atoms with Gasteiger partial charge in [-0.3, -0.25) is 19.3 Å². The Balaban J connectivity index is 1.28. The first-order chi connectivity index (χ1) is 19.6. The number of ether oxygens (including phenoxy) is 1. The van der Waals surface area contributed by atoms with Crippen LogP contribution in [0.25, 0.3) is 6.08 Å². The molecule has 228 valence electrons. The van der Waals surface area contributed by atoms with E-state index in [1.54, 1.807) is 19.2 Å². The number of hydrogen-bond donors (Lipinski definition) is 1. The van der Waals surface area contributed by atoms with E-state index in [1.165, 1.54) is 22.3 Å². The first kappa shape index (κ1) is 31.9. The molecular weight excluding hydrogens is 590 g/mol. The standard InChI is InChI=1S/C27H40ClN5O6S2/c1-30(25(34)10-15-39-2)20-9-14-31(17-20)18-21-5-3-13-33(21)26(35)19-32-12-4-6-23(27(32)36)29-41(37,38)16-11-22-7-8-24(28)40-22/h7-8,11,16,20-21,23,29H,3-6,9-10,12-15,17-19H2,1-2H3/b16-11+. The van der Waals surface area contributed by atoms with Crippen molar-refractivity contribution in [2.45, 2.75) is 56.7 Å². The Bertz CT molecular complexity index is 1220. The summed E-state index contributed by atoms with van der Waals surface area (Å²) in [6.07, 6.45) is 5.49. The molecule has 11 nitrogen and oxygen atoms in total. The number of carbonyl (C=O) groups excluding carboxylic acids is 3. The number of nitrogens with zero attached hydrogens (tertiary/aromatic N) is 4. The summed E-state index contributed by atoms with van der Waals surface area (Å²) in [6.45, 7) is 3.79. The van der Waals surface area contributed by atoms with E-state index in [9.17, 15) is 22.8 Å². The van der Waals surface area contributed by atoms with Crippen LogP contribution in [0, 0.1) is 0 Å². The third kappa shape index (κ3) is 8.74. The van der Waals surface area contributed by atoms with Crippen molar-refractivity contribution < 1.29 is 27.5 Å². The molecule has 3 amide bonds. The highest BCUT2D eigenvalue weighted by Crippen LogP contribution is 2.24. The summed E-state index contributed by atoms with van der Waals surface area (Å²) in [6, 6.07) is 2.70. The summed E-state index contributed by atoms with van der Waals surface area (Å²) >= 11 is 7.16. The predicted octanol–water partition coefficient (Wildman–Crippen LogP) is 1.84. The minimum Gasteiger partial charge on any atom is -0.384 e. The molecule has 0 bridgehead atoms. The van der Waals surface area contributed by atoms with E-state index in [1.807, 2.05) is 16.8 Å². The van der Waals surface area contributed by atoms with Gasteiger partial charge in [0.25, 0.3) is 0 Å². The Kier molecular flexibility index (Phi) is 11.2. The van der Waals surface area contributed by atoms with Gasteiger partial charge in [0.15, 0.2) is 0 Å². The molecule has 3 aliphatic heterocycles. The van der Waals surface area contributed by atoms with Crippen LogP contribution in [0.4, 0.5) is 0 Å². The Morgan fingerprint density at radius 3 is 2.71 bits per heavy atom. The summed E-state index contributed by atoms with van der Waals surface area (Å²) < 4.78 is 33.3. The highest BCUT2D eigenvalue weighted by atomic mass is 35.5. The molecule has 0 spiro atoms. The molecule has 1 aromatic heterocycles. The lowest BCUT2D eigenvalue weighted by Crippen LogP contribution is -2.55. The van der Waals surface area contributed by atoms with Crippen LogP contribution in [-0.2, 0) is 29.1 Å². The highest BCUT2D eigenvalue weighted by Gasteiger charge is 2.37. The van der Waals surface area contributed by atoms with E-state index in [0.717, 1.165) is 44.3 Å². The number of methoxy groups -OCH3 is 1. The molecule has 14 heteroatoms. The van der Waals surface area contributed by atoms with Gasteiger partial charge in [-0.15, -0.1) is 11.3 Å². The van der Waals surface area contributed by atoms with Crippen molar-refractivity contribution in [3.05, 3.63) is 26.8 Å². The lowest BCUT2D eigenvalue weighted by atomic mass is 10.1. The lowest BCUT2D eigenvalue weighted by Gasteiger charge is -2.34. The zero-order chi connectivity index (χ0) is 29.6. The smallest absolute Gasteiger partial charge is 0.242 e. The summed E-state index contributed by atoms with van der Waals surface area (Å²) in [7, 11) is -0.429. The molecule has 4 rings (SSSR count). The Morgan fingerprint density at radius 2 is 1.98 bits per heavy atom. The summed E-state index contributed by atoms with van der Waals surface area (Å²) in [4.78, 5) is 47.1. The molecule has 3 saturated heterocycles. The van der Waals surface area contributed by atoms with Crippen molar-refractivity contribution in [2.75, 3.05) is 60.0 Å². The summed E-state index contributed by atoms with van der Waals surface area (Å²) in [5, 5.41) is 1.04. The van der Waals surface area contributed by atoms with Crippen molar-refractivity contribution >= 4 is 56.8 Å². The van der Waals surface area contributed by atoms with E-state index < -0.39 is 16.1 Å². The Labute approximate surface area is 251 Å². The topological polar surface area (TPSA) is 120 Å². The number of nitrogens with one attached hydrogen (secondary N) is 1. The van der Waals surface area contributed by atoms with Crippen molar-refractivity contribution in [3.63, 3.8) is 0 Å². The van der Waals surface area contributed by atoms with Crippen LogP contribution < -0.4 is 4.72 Å². The molecule has 1 N–H and O–H groups in total. The number of hydrogen-bond acceptors (Lipinski definition) is 8. The Morgan fingerprint density at radius 1 is 1.20 bits per heavy atom. The minimum absolute atomic E-state index is 0.0563. The van der Waals surface area contributed by atoms with E-state index >= 15 is 0 Å². The number of sulfonamides is 1. The molecule has 3 atom stereocenters. The zero-order valence-electron chi connectivity index (χ0n) is 23.7. The maximum absolute atomic E-state index is 13.3. The highest BCUT2D eigenvalue weighted by molar-refractivity contribution is 7.92. The average Bonchev–Trinajstić information content (AvgIpc) is 3.70. The first-order valence-electron chi connectivity index (χ1n) is 14.1. The van der Waals surface area contributed by atoms with E-state index in [4.69, 9.17) is 16.3 Å². The molecule has 1 aromatic rings. The van der Waals surface area contributed by atoms with E-state index in [0.29, 0.717) is 48.2 Å². The number of piperidine rings is 1. The molecule has 0 aromatic carbocycles. The van der Waals surface area contributed by atoms with Crippen molar-refractivity contribution in [1.29, 1.82) is 0 Å². The van der Waals surface area contributed by atoms with E-state index in [2.05, 4.69) is 9.62 Å². The molecule has 4 heterocycles. The molecule has 3 fully saturated rings. The van der Waals surface area contributed by atoms with Crippen LogP contribution in [0.3, 0.4) is 0 Å². The average molecular weight is 630 g/mol. The molecule has 0 saturated carbocycles. The fourth-order valence-corrected chi connectivity index (χ4v) is 7.86. The second-order valence-corrected chi connectivity index (χ2v) is 14.2. The molecule has 3 aliphatic rings. The monoisotopic (exact) mass is 629 g/mol. The van der Waals surface area contributed by atoms with Gasteiger partial charge in [-0.2, -0.15) is 4.72 Å². The minimum atomic E-state index is -3.86. The fraction of sp³-hybridized carbons (Fsp3) is 0.667. The number of likely N-dealkylation sites (tertiary alicyclic amines) is 3. The van der Waals surface area contributed by atoms with Gasteiger partial charge in [0.2, 0.25) is 27.7 Å². The Hall–Kier alpha value is -2.03. The van der Waals surface area contributed by atoms with Crippen LogP contribution >= 0.6 is 22.9 Å². The third-order valence-corrected chi connectivity index (χ3v) is 10.3. The molecule has 0 aliphatic carbocycles. The van der Waals surface area contributed by atoms with Crippen molar-refractivity contribution in [3.8, 4) is 0 Å². The second kappa shape index (κ2) is 14.4. The fourth-order valence-electron chi connectivity index (χ4n) is 5.79. The van der Waals surface area contributed by atoms with Gasteiger partial charge < -0.3 is 19.4 Å². The number of amides is 3. The van der Waals surface area contributed by atoms with Gasteiger partial charge in [-0.25, -0.2) is 8.42 Å². The number of carbonyl (C=O) groups is 3.